The first-order valence-corrected chi connectivity index (χ1v) is 14.4. The minimum absolute atomic E-state index is 0.112. The highest BCUT2D eigenvalue weighted by molar-refractivity contribution is 7.89. The monoisotopic (exact) mass is 575 g/mol. The number of fused-ring (bicyclic) bond motifs is 1. The molecule has 1 aliphatic rings. The Labute approximate surface area is 230 Å². The molecule has 0 aliphatic carbocycles. The molecule has 3 aromatic heterocycles. The number of nitrogens with two attached hydrogens (primary N) is 1. The van der Waals surface area contributed by atoms with Crippen molar-refractivity contribution in [3.8, 4) is 17.0 Å². The van der Waals surface area contributed by atoms with Crippen molar-refractivity contribution >= 4 is 49.9 Å². The molecule has 1 saturated heterocycles. The number of piperazine rings is 1. The number of hydrogen-bond acceptors (Lipinski definition) is 8. The lowest BCUT2D eigenvalue weighted by atomic mass is 10.1. The highest BCUT2D eigenvalue weighted by Gasteiger charge is 2.26. The highest BCUT2D eigenvalue weighted by Crippen LogP contribution is 2.34. The first-order chi connectivity index (χ1) is 18.2. The van der Waals surface area contributed by atoms with Crippen LogP contribution in [0.4, 0.5) is 5.82 Å². The van der Waals surface area contributed by atoms with Gasteiger partial charge in [0.2, 0.25) is 10.0 Å². The lowest BCUT2D eigenvalue weighted by molar-refractivity contribution is 0.214. The van der Waals surface area contributed by atoms with E-state index in [9.17, 15) is 8.42 Å². The summed E-state index contributed by atoms with van der Waals surface area (Å²) in [5.41, 5.74) is 9.75. The van der Waals surface area contributed by atoms with Crippen LogP contribution in [-0.4, -0.2) is 64.8 Å². The third kappa shape index (κ3) is 5.16. The second kappa shape index (κ2) is 10.7. The van der Waals surface area contributed by atoms with Crippen molar-refractivity contribution < 1.29 is 13.2 Å². The zero-order chi connectivity index (χ0) is 27.0. The van der Waals surface area contributed by atoms with Gasteiger partial charge < -0.3 is 9.64 Å². The fraction of sp³-hybridized carbons (Fsp3) is 0.320. The van der Waals surface area contributed by atoms with Gasteiger partial charge in [-0.3, -0.25) is 15.8 Å². The summed E-state index contributed by atoms with van der Waals surface area (Å²) >= 11 is 12.7. The quantitative estimate of drug-likeness (QED) is 0.314. The molecular weight excluding hydrogens is 549 g/mol. The smallest absolute Gasteiger partial charge is 0.213 e. The third-order valence-corrected chi connectivity index (χ3v) is 9.27. The molecule has 38 heavy (non-hydrogen) atoms. The third-order valence-electron chi connectivity index (χ3n) is 6.61. The Balaban J connectivity index is 1.34. The molecule has 4 aromatic rings. The molecule has 3 N–H and O–H groups in total. The van der Waals surface area contributed by atoms with E-state index in [1.165, 1.54) is 10.5 Å². The number of aromatic nitrogens is 4. The predicted molar refractivity (Wildman–Crippen MR) is 149 cm³/mol. The van der Waals surface area contributed by atoms with Crippen molar-refractivity contribution in [1.82, 2.24) is 24.5 Å². The van der Waals surface area contributed by atoms with E-state index in [0.717, 1.165) is 22.3 Å². The molecule has 5 rings (SSSR count). The van der Waals surface area contributed by atoms with Crippen LogP contribution in [0.1, 0.15) is 24.4 Å². The van der Waals surface area contributed by atoms with E-state index in [4.69, 9.17) is 33.7 Å². The Hall–Kier alpha value is -2.96. The molecule has 1 aliphatic heterocycles. The van der Waals surface area contributed by atoms with Crippen LogP contribution in [-0.2, 0) is 10.0 Å². The van der Waals surface area contributed by atoms with E-state index in [1.807, 2.05) is 24.3 Å². The molecule has 0 radical (unpaired) electrons. The van der Waals surface area contributed by atoms with Crippen LogP contribution in [0.5, 0.6) is 5.75 Å². The lowest BCUT2D eigenvalue weighted by Crippen LogP contribution is -2.49. The summed E-state index contributed by atoms with van der Waals surface area (Å²) in [7, 11) is -3.18. The van der Waals surface area contributed by atoms with Gasteiger partial charge in [-0.15, -0.1) is 0 Å². The first kappa shape index (κ1) is 26.6. The summed E-state index contributed by atoms with van der Waals surface area (Å²) < 4.78 is 31.8. The molecule has 0 saturated carbocycles. The normalized spacial score (nSPS) is 15.7. The molecule has 0 unspecified atom stereocenters. The number of rotatable bonds is 7. The fourth-order valence-electron chi connectivity index (χ4n) is 4.42. The van der Waals surface area contributed by atoms with Crippen LogP contribution >= 0.6 is 23.2 Å². The number of anilines is 1. The van der Waals surface area contributed by atoms with Crippen LogP contribution in [0.25, 0.3) is 22.2 Å². The van der Waals surface area contributed by atoms with Crippen molar-refractivity contribution in [2.45, 2.75) is 20.1 Å². The summed E-state index contributed by atoms with van der Waals surface area (Å²) in [5, 5.41) is 9.06. The maximum atomic E-state index is 12.1. The number of halogens is 2. The van der Waals surface area contributed by atoms with Gasteiger partial charge in [-0.1, -0.05) is 23.2 Å². The molecule has 13 heteroatoms. The van der Waals surface area contributed by atoms with E-state index >= 15 is 0 Å². The second-order valence-electron chi connectivity index (χ2n) is 8.93. The number of ether oxygens (including phenoxy) is 1. The van der Waals surface area contributed by atoms with E-state index < -0.39 is 16.3 Å². The first-order valence-electron chi connectivity index (χ1n) is 12.1. The van der Waals surface area contributed by atoms with Crippen molar-refractivity contribution in [2.24, 2.45) is 5.73 Å². The standard InChI is InChI=1S/C25H27Cl2N7O3S/c1-3-38(35,36)34-10-8-33(9-11-34)21-7-4-16(13-30-21)24-18-12-17(5-6-20(18)31-32-24)37-25(28)22-19(26)14-29-15(2)23(22)27/h4-7,12-14,25H,3,8-11,28H2,1-2H3,(H,31,32)/t25-/m0/s1. The van der Waals surface area contributed by atoms with Gasteiger partial charge in [0, 0.05) is 55.1 Å². The molecule has 10 nitrogen and oxygen atoms in total. The Bertz CT molecular complexity index is 1570. The number of aryl methyl sites for hydroxylation is 1. The van der Waals surface area contributed by atoms with Gasteiger partial charge in [0.25, 0.3) is 0 Å². The Morgan fingerprint density at radius 3 is 2.55 bits per heavy atom. The number of aromatic amines is 1. The van der Waals surface area contributed by atoms with Gasteiger partial charge in [-0.25, -0.2) is 13.4 Å². The summed E-state index contributed by atoms with van der Waals surface area (Å²) in [4.78, 5) is 10.8. The van der Waals surface area contributed by atoms with Gasteiger partial charge in [-0.05, 0) is 44.2 Å². The van der Waals surface area contributed by atoms with Gasteiger partial charge in [0.15, 0.2) is 6.23 Å². The Morgan fingerprint density at radius 1 is 1.11 bits per heavy atom. The van der Waals surface area contributed by atoms with E-state index in [2.05, 4.69) is 25.1 Å². The van der Waals surface area contributed by atoms with Crippen LogP contribution in [0, 0.1) is 6.92 Å². The van der Waals surface area contributed by atoms with E-state index in [1.54, 1.807) is 26.1 Å². The van der Waals surface area contributed by atoms with Crippen LogP contribution in [0.15, 0.2) is 42.7 Å². The average Bonchev–Trinajstić information content (AvgIpc) is 3.34. The number of H-pyrrole nitrogens is 1. The fourth-order valence-corrected chi connectivity index (χ4v) is 6.07. The topological polar surface area (TPSA) is 130 Å². The average molecular weight is 577 g/mol. The number of benzene rings is 1. The molecule has 1 atom stereocenters. The van der Waals surface area contributed by atoms with E-state index in [-0.39, 0.29) is 5.75 Å². The molecule has 0 bridgehead atoms. The molecular formula is C25H27Cl2N7O3S. The van der Waals surface area contributed by atoms with Gasteiger partial charge >= 0.3 is 0 Å². The number of nitrogens with zero attached hydrogens (tertiary/aromatic N) is 5. The molecule has 0 spiro atoms. The Morgan fingerprint density at radius 2 is 1.87 bits per heavy atom. The molecule has 1 aromatic carbocycles. The predicted octanol–water partition coefficient (Wildman–Crippen LogP) is 4.14. The van der Waals surface area contributed by atoms with Gasteiger partial charge in [0.05, 0.1) is 27.0 Å². The minimum Gasteiger partial charge on any atom is -0.471 e. The summed E-state index contributed by atoms with van der Waals surface area (Å²) in [6, 6.07) is 9.38. The molecule has 4 heterocycles. The summed E-state index contributed by atoms with van der Waals surface area (Å²) in [5.74, 6) is 1.43. The summed E-state index contributed by atoms with van der Waals surface area (Å²) in [6.45, 7) is 5.51. The van der Waals surface area contributed by atoms with Crippen LogP contribution in [0.3, 0.4) is 0 Å². The van der Waals surface area contributed by atoms with Crippen LogP contribution < -0.4 is 15.4 Å². The summed E-state index contributed by atoms with van der Waals surface area (Å²) in [6.07, 6.45) is 2.37. The highest BCUT2D eigenvalue weighted by atomic mass is 35.5. The lowest BCUT2D eigenvalue weighted by Gasteiger charge is -2.34. The van der Waals surface area contributed by atoms with Crippen molar-refractivity contribution in [2.75, 3.05) is 36.8 Å². The number of sulfonamides is 1. The molecule has 1 fully saturated rings. The number of nitrogens with one attached hydrogen (secondary N) is 1. The molecule has 200 valence electrons. The minimum atomic E-state index is -3.18. The largest absolute Gasteiger partial charge is 0.471 e. The molecule has 0 amide bonds. The van der Waals surface area contributed by atoms with Gasteiger partial charge in [0.1, 0.15) is 17.3 Å². The zero-order valence-corrected chi connectivity index (χ0v) is 23.2. The number of hydrogen-bond donors (Lipinski definition) is 2. The van der Waals surface area contributed by atoms with Crippen LogP contribution in [0.2, 0.25) is 10.0 Å². The van der Waals surface area contributed by atoms with Gasteiger partial charge in [-0.2, -0.15) is 9.40 Å². The maximum Gasteiger partial charge on any atom is 0.213 e. The maximum absolute atomic E-state index is 12.1. The van der Waals surface area contributed by atoms with Crippen molar-refractivity contribution in [3.63, 3.8) is 0 Å². The van der Waals surface area contributed by atoms with Crippen molar-refractivity contribution in [1.29, 1.82) is 0 Å². The SMILES string of the molecule is CCS(=O)(=O)N1CCN(c2ccc(-c3n[nH]c4ccc(O[C@H](N)c5c(Cl)cnc(C)c5Cl)cc34)cn2)CC1. The zero-order valence-electron chi connectivity index (χ0n) is 20.9. The Kier molecular flexibility index (Phi) is 7.47. The second-order valence-corrected chi connectivity index (χ2v) is 12.0. The number of pyridine rings is 2. The van der Waals surface area contributed by atoms with Crippen molar-refractivity contribution in [3.05, 3.63) is 64.0 Å². The van der Waals surface area contributed by atoms with E-state index in [0.29, 0.717) is 58.9 Å².